The number of pyridine rings is 3. The monoisotopic (exact) mass is 563 g/mol. The van der Waals surface area contributed by atoms with Crippen molar-refractivity contribution in [3.8, 4) is 23.1 Å². The fourth-order valence-corrected chi connectivity index (χ4v) is 4.78. The third-order valence-electron chi connectivity index (χ3n) is 6.55. The van der Waals surface area contributed by atoms with E-state index in [2.05, 4.69) is 16.0 Å². The van der Waals surface area contributed by atoms with Crippen LogP contribution in [-0.2, 0) is 26.4 Å². The van der Waals surface area contributed by atoms with Crippen LogP contribution in [0.1, 0.15) is 28.2 Å². The Morgan fingerprint density at radius 1 is 1.12 bits per heavy atom. The van der Waals surface area contributed by atoms with Gasteiger partial charge in [0.15, 0.2) is 0 Å². The summed E-state index contributed by atoms with van der Waals surface area (Å²) in [5.74, 6) is 0.458. The summed E-state index contributed by atoms with van der Waals surface area (Å²) < 4.78 is 48.7. The van der Waals surface area contributed by atoms with E-state index in [1.165, 1.54) is 18.5 Å². The van der Waals surface area contributed by atoms with Gasteiger partial charge in [0.25, 0.3) is 5.56 Å². The fraction of sp³-hybridized carbons (Fsp3) is 0.172. The van der Waals surface area contributed by atoms with Gasteiger partial charge in [0.05, 0.1) is 17.3 Å². The van der Waals surface area contributed by atoms with Crippen molar-refractivity contribution >= 4 is 22.5 Å². The number of ether oxygens (including phenoxy) is 1. The minimum atomic E-state index is -4.78. The van der Waals surface area contributed by atoms with Crippen LogP contribution in [0.4, 0.5) is 13.2 Å². The zero-order valence-corrected chi connectivity index (χ0v) is 22.1. The van der Waals surface area contributed by atoms with Crippen LogP contribution < -0.4 is 10.3 Å². The normalized spacial score (nSPS) is 11.5. The summed E-state index contributed by atoms with van der Waals surface area (Å²) in [5.41, 5.74) is 1.85. The number of aryl methyl sites for hydroxylation is 1. The molecule has 11 heteroatoms. The maximum atomic E-state index is 13.3. The maximum absolute atomic E-state index is 13.3. The molecule has 0 aliphatic carbocycles. The third-order valence-corrected chi connectivity index (χ3v) is 6.90. The predicted molar refractivity (Wildman–Crippen MR) is 144 cm³/mol. The Morgan fingerprint density at radius 3 is 2.65 bits per heavy atom. The first-order valence-corrected chi connectivity index (χ1v) is 12.4. The quantitative estimate of drug-likeness (QED) is 0.243. The van der Waals surface area contributed by atoms with Crippen molar-refractivity contribution in [3.63, 3.8) is 0 Å². The summed E-state index contributed by atoms with van der Waals surface area (Å²) in [6.45, 7) is 1.56. The van der Waals surface area contributed by atoms with E-state index in [1.54, 1.807) is 22.8 Å². The van der Waals surface area contributed by atoms with Crippen LogP contribution in [0.25, 0.3) is 22.2 Å². The Balaban J connectivity index is 1.51. The molecule has 5 rings (SSSR count). The van der Waals surface area contributed by atoms with E-state index in [0.717, 1.165) is 33.0 Å². The van der Waals surface area contributed by atoms with Crippen molar-refractivity contribution in [3.05, 3.63) is 111 Å². The molecule has 0 aliphatic rings. The molecule has 0 amide bonds. The van der Waals surface area contributed by atoms with Crippen LogP contribution in [0.3, 0.4) is 0 Å². The standard InChI is InChI=1S/C29H21ClF3N5O2/c1-17-13-20(25-9-8-18(14-34)37(25)2)19-5-3-7-26(27(19)36-17)40-16-21-23(30)10-11-35-24(21)15-38-12-4-6-22(28(38)39)29(31,32)33/h3-13H,15-16H2,1-2H3. The maximum Gasteiger partial charge on any atom is 0.421 e. The molecule has 5 aromatic rings. The van der Waals surface area contributed by atoms with Gasteiger partial charge in [-0.2, -0.15) is 18.4 Å². The Kier molecular flexibility index (Phi) is 7.08. The summed E-state index contributed by atoms with van der Waals surface area (Å²) in [6, 6.07) is 16.7. The lowest BCUT2D eigenvalue weighted by Gasteiger charge is -2.16. The molecule has 0 radical (unpaired) electrons. The lowest BCUT2D eigenvalue weighted by molar-refractivity contribution is -0.138. The van der Waals surface area contributed by atoms with Gasteiger partial charge in [-0.1, -0.05) is 23.7 Å². The first-order valence-electron chi connectivity index (χ1n) is 12.1. The molecule has 0 saturated heterocycles. The fourth-order valence-electron chi connectivity index (χ4n) is 4.56. The molecular weight excluding hydrogens is 543 g/mol. The summed E-state index contributed by atoms with van der Waals surface area (Å²) in [4.78, 5) is 21.5. The van der Waals surface area contributed by atoms with Crippen molar-refractivity contribution in [1.29, 1.82) is 5.26 Å². The number of fused-ring (bicyclic) bond motifs is 1. The number of nitrogens with zero attached hydrogens (tertiary/aromatic N) is 5. The number of alkyl halides is 3. The van der Waals surface area contributed by atoms with Gasteiger partial charge in [-0.25, -0.2) is 4.98 Å². The topological polar surface area (TPSA) is 85.7 Å². The SMILES string of the molecule is Cc1cc(-c2ccc(C#N)n2C)c2cccc(OCc3c(Cl)ccnc3Cn3cccc(C(F)(F)F)c3=O)c2n1. The molecule has 4 aromatic heterocycles. The highest BCUT2D eigenvalue weighted by Gasteiger charge is 2.34. The summed E-state index contributed by atoms with van der Waals surface area (Å²) in [6.07, 6.45) is -2.09. The van der Waals surface area contributed by atoms with Crippen molar-refractivity contribution in [2.75, 3.05) is 0 Å². The van der Waals surface area contributed by atoms with Crippen LogP contribution in [0.5, 0.6) is 5.75 Å². The molecule has 4 heterocycles. The minimum absolute atomic E-state index is 0.0669. The van der Waals surface area contributed by atoms with Gasteiger partial charge in [-0.15, -0.1) is 0 Å². The lowest BCUT2D eigenvalue weighted by Crippen LogP contribution is -2.28. The Bertz CT molecular complexity index is 1850. The van der Waals surface area contributed by atoms with Gasteiger partial charge in [-0.3, -0.25) is 9.78 Å². The first-order chi connectivity index (χ1) is 19.1. The highest BCUT2D eigenvalue weighted by atomic mass is 35.5. The Morgan fingerprint density at radius 2 is 1.93 bits per heavy atom. The largest absolute Gasteiger partial charge is 0.486 e. The smallest absolute Gasteiger partial charge is 0.421 e. The number of benzene rings is 1. The summed E-state index contributed by atoms with van der Waals surface area (Å²) in [5, 5.41) is 10.5. The first kappa shape index (κ1) is 27.0. The molecule has 7 nitrogen and oxygen atoms in total. The zero-order chi connectivity index (χ0) is 28.6. The van der Waals surface area contributed by atoms with Gasteiger partial charge in [0.1, 0.15) is 35.2 Å². The van der Waals surface area contributed by atoms with E-state index in [0.29, 0.717) is 33.2 Å². The third kappa shape index (κ3) is 5.03. The predicted octanol–water partition coefficient (Wildman–Crippen LogP) is 6.28. The van der Waals surface area contributed by atoms with Crippen molar-refractivity contribution in [2.24, 2.45) is 7.05 Å². The van der Waals surface area contributed by atoms with Gasteiger partial charge in [0, 0.05) is 47.3 Å². The van der Waals surface area contributed by atoms with E-state index in [4.69, 9.17) is 16.3 Å². The number of aromatic nitrogens is 4. The number of hydrogen-bond acceptors (Lipinski definition) is 5. The second kappa shape index (κ2) is 10.5. The van der Waals surface area contributed by atoms with E-state index < -0.39 is 17.3 Å². The van der Waals surface area contributed by atoms with Crippen LogP contribution in [0, 0.1) is 18.3 Å². The van der Waals surface area contributed by atoms with Gasteiger partial charge >= 0.3 is 6.18 Å². The number of hydrogen-bond donors (Lipinski definition) is 0. The Hall–Kier alpha value is -4.62. The molecule has 0 saturated carbocycles. The number of para-hydroxylation sites is 1. The minimum Gasteiger partial charge on any atom is -0.486 e. The van der Waals surface area contributed by atoms with Crippen molar-refractivity contribution < 1.29 is 17.9 Å². The molecule has 0 bridgehead atoms. The summed E-state index contributed by atoms with van der Waals surface area (Å²) >= 11 is 6.46. The average molecular weight is 564 g/mol. The Labute approximate surface area is 231 Å². The molecule has 202 valence electrons. The van der Waals surface area contributed by atoms with E-state index >= 15 is 0 Å². The highest BCUT2D eigenvalue weighted by molar-refractivity contribution is 6.31. The molecular formula is C29H21ClF3N5O2. The number of halogens is 4. The molecule has 0 unspecified atom stereocenters. The molecule has 40 heavy (non-hydrogen) atoms. The van der Waals surface area contributed by atoms with E-state index in [9.17, 15) is 23.2 Å². The highest BCUT2D eigenvalue weighted by Crippen LogP contribution is 2.34. The molecule has 0 atom stereocenters. The van der Waals surface area contributed by atoms with E-state index in [1.807, 2.05) is 38.2 Å². The zero-order valence-electron chi connectivity index (χ0n) is 21.3. The van der Waals surface area contributed by atoms with Gasteiger partial charge in [-0.05, 0) is 49.4 Å². The molecule has 0 aliphatic heterocycles. The van der Waals surface area contributed by atoms with Gasteiger partial charge < -0.3 is 13.9 Å². The van der Waals surface area contributed by atoms with Crippen LogP contribution >= 0.6 is 11.6 Å². The molecule has 0 N–H and O–H groups in total. The summed E-state index contributed by atoms with van der Waals surface area (Å²) in [7, 11) is 1.82. The second-order valence-corrected chi connectivity index (χ2v) is 9.50. The van der Waals surface area contributed by atoms with E-state index in [-0.39, 0.29) is 13.2 Å². The van der Waals surface area contributed by atoms with Crippen molar-refractivity contribution in [2.45, 2.75) is 26.3 Å². The average Bonchev–Trinajstić information content (AvgIpc) is 3.28. The van der Waals surface area contributed by atoms with Crippen LogP contribution in [0.2, 0.25) is 5.02 Å². The molecule has 1 aromatic carbocycles. The van der Waals surface area contributed by atoms with Crippen molar-refractivity contribution in [1.82, 2.24) is 19.1 Å². The van der Waals surface area contributed by atoms with Gasteiger partial charge in [0.2, 0.25) is 0 Å². The van der Waals surface area contributed by atoms with Crippen LogP contribution in [0.15, 0.2) is 71.8 Å². The second-order valence-electron chi connectivity index (χ2n) is 9.10. The number of rotatable bonds is 6. The molecule has 0 spiro atoms. The molecule has 0 fully saturated rings. The van der Waals surface area contributed by atoms with Crippen LogP contribution in [-0.4, -0.2) is 19.1 Å². The number of nitriles is 1. The lowest BCUT2D eigenvalue weighted by atomic mass is 10.0.